The number of ketones is 1. The minimum absolute atomic E-state index is 0.0385. The van der Waals surface area contributed by atoms with Crippen LogP contribution in [0.25, 0.3) is 0 Å². The summed E-state index contributed by atoms with van der Waals surface area (Å²) in [5, 5.41) is 10.6. The first-order valence-corrected chi connectivity index (χ1v) is 17.5. The summed E-state index contributed by atoms with van der Waals surface area (Å²) in [5.41, 5.74) is 3.77. The second-order valence-electron chi connectivity index (χ2n) is 13.8. The number of aliphatic hydroxyl groups is 1. The lowest BCUT2D eigenvalue weighted by atomic mass is 9.80. The first-order chi connectivity index (χ1) is 23.3. The Bertz CT molecular complexity index is 1570. The van der Waals surface area contributed by atoms with E-state index in [1.54, 1.807) is 30.3 Å². The highest BCUT2D eigenvalue weighted by molar-refractivity contribution is 5.83. The van der Waals surface area contributed by atoms with E-state index in [2.05, 4.69) is 72.2 Å². The van der Waals surface area contributed by atoms with E-state index < -0.39 is 6.10 Å². The molecule has 6 heteroatoms. The van der Waals surface area contributed by atoms with Gasteiger partial charge >= 0.3 is 0 Å². The summed E-state index contributed by atoms with van der Waals surface area (Å²) in [6.07, 6.45) is 1.96. The summed E-state index contributed by atoms with van der Waals surface area (Å²) >= 11 is 0. The second kappa shape index (κ2) is 17.6. The number of halogens is 2. The molecule has 0 bridgehead atoms. The number of nitrogens with zero attached hydrogens (tertiary/aromatic N) is 2. The first kappa shape index (κ1) is 35.6. The number of Topliss-reactive ketones (excluding diaryl/α,β-unsaturated/α-hetero) is 1. The number of benzene rings is 4. The van der Waals surface area contributed by atoms with E-state index in [9.17, 15) is 18.7 Å². The van der Waals surface area contributed by atoms with Crippen molar-refractivity contribution in [3.05, 3.63) is 143 Å². The molecule has 0 amide bonds. The third-order valence-corrected chi connectivity index (χ3v) is 10.2. The number of carbonyl (C=O) groups is 1. The minimum atomic E-state index is -0.476. The molecule has 2 heterocycles. The molecule has 5 atom stereocenters. The van der Waals surface area contributed by atoms with Gasteiger partial charge in [0.15, 0.2) is 0 Å². The topological polar surface area (TPSA) is 43.8 Å². The Balaban J connectivity index is 0.000000188. The summed E-state index contributed by atoms with van der Waals surface area (Å²) < 4.78 is 27.6. The standard InChI is InChI=1S/C21H26FNO.C21H24FNO/c2*1-16-14-23(15-17-7-3-2-4-8-17)12-11-19(16)21(24)13-18-9-5-6-10-20(18)22/h2-10,16,19,21,24H,11-15H2,1H3;2-10,16,19H,11-15H2,1H3. The summed E-state index contributed by atoms with van der Waals surface area (Å²) in [6.45, 7) is 10.0. The van der Waals surface area contributed by atoms with Gasteiger partial charge in [-0.25, -0.2) is 8.78 Å². The van der Waals surface area contributed by atoms with Crippen LogP contribution in [-0.4, -0.2) is 53.0 Å². The average molecular weight is 653 g/mol. The van der Waals surface area contributed by atoms with Gasteiger partial charge in [0.25, 0.3) is 0 Å². The molecule has 5 unspecified atom stereocenters. The van der Waals surface area contributed by atoms with E-state index >= 15 is 0 Å². The maximum absolute atomic E-state index is 13.8. The van der Waals surface area contributed by atoms with Gasteiger partial charge in [0, 0.05) is 44.9 Å². The smallest absolute Gasteiger partial charge is 0.140 e. The Labute approximate surface area is 285 Å². The molecule has 2 saturated heterocycles. The fourth-order valence-corrected chi connectivity index (χ4v) is 7.50. The van der Waals surface area contributed by atoms with Crippen molar-refractivity contribution in [1.29, 1.82) is 0 Å². The van der Waals surface area contributed by atoms with E-state index in [0.717, 1.165) is 52.1 Å². The van der Waals surface area contributed by atoms with Crippen molar-refractivity contribution in [3.63, 3.8) is 0 Å². The van der Waals surface area contributed by atoms with Crippen LogP contribution >= 0.6 is 0 Å². The van der Waals surface area contributed by atoms with Crippen LogP contribution in [0.15, 0.2) is 109 Å². The monoisotopic (exact) mass is 652 g/mol. The number of carbonyl (C=O) groups excluding carboxylic acids is 1. The summed E-state index contributed by atoms with van der Waals surface area (Å²) in [6, 6.07) is 34.3. The van der Waals surface area contributed by atoms with Gasteiger partial charge in [-0.3, -0.25) is 14.6 Å². The van der Waals surface area contributed by atoms with Crippen molar-refractivity contribution in [1.82, 2.24) is 9.80 Å². The lowest BCUT2D eigenvalue weighted by Crippen LogP contribution is -2.43. The molecule has 0 spiro atoms. The third-order valence-electron chi connectivity index (χ3n) is 10.2. The van der Waals surface area contributed by atoms with Crippen LogP contribution in [0.3, 0.4) is 0 Å². The predicted octanol–water partition coefficient (Wildman–Crippen LogP) is 7.98. The Morgan fingerprint density at radius 3 is 1.69 bits per heavy atom. The molecule has 4 aromatic rings. The van der Waals surface area contributed by atoms with Crippen LogP contribution in [0, 0.1) is 35.3 Å². The Morgan fingerprint density at radius 2 is 1.17 bits per heavy atom. The molecule has 2 aliphatic heterocycles. The minimum Gasteiger partial charge on any atom is -0.392 e. The maximum atomic E-state index is 13.8. The second-order valence-corrected chi connectivity index (χ2v) is 13.8. The number of piperidine rings is 2. The van der Waals surface area contributed by atoms with Crippen LogP contribution < -0.4 is 0 Å². The molecule has 6 rings (SSSR count). The van der Waals surface area contributed by atoms with Crippen LogP contribution in [0.5, 0.6) is 0 Å². The van der Waals surface area contributed by atoms with Crippen LogP contribution in [-0.2, 0) is 30.7 Å². The van der Waals surface area contributed by atoms with Gasteiger partial charge in [-0.2, -0.15) is 0 Å². The Morgan fingerprint density at radius 1 is 0.688 bits per heavy atom. The van der Waals surface area contributed by atoms with Crippen molar-refractivity contribution >= 4 is 5.78 Å². The van der Waals surface area contributed by atoms with Crippen molar-refractivity contribution in [3.8, 4) is 0 Å². The largest absolute Gasteiger partial charge is 0.392 e. The molecule has 254 valence electrons. The Kier molecular flexibility index (Phi) is 13.1. The van der Waals surface area contributed by atoms with Gasteiger partial charge in [0.05, 0.1) is 6.10 Å². The molecule has 0 radical (unpaired) electrons. The van der Waals surface area contributed by atoms with Crippen LogP contribution in [0.4, 0.5) is 8.78 Å². The van der Waals surface area contributed by atoms with Crippen molar-refractivity contribution in [2.75, 3.05) is 26.2 Å². The molecule has 1 N–H and O–H groups in total. The fourth-order valence-electron chi connectivity index (χ4n) is 7.50. The van der Waals surface area contributed by atoms with Crippen molar-refractivity contribution in [2.45, 2.75) is 58.7 Å². The van der Waals surface area contributed by atoms with Crippen LogP contribution in [0.2, 0.25) is 0 Å². The number of hydrogen-bond acceptors (Lipinski definition) is 4. The molecule has 2 aliphatic rings. The molecule has 48 heavy (non-hydrogen) atoms. The molecule has 4 nitrogen and oxygen atoms in total. The highest BCUT2D eigenvalue weighted by Crippen LogP contribution is 2.30. The number of hydrogen-bond donors (Lipinski definition) is 1. The van der Waals surface area contributed by atoms with Gasteiger partial charge in [-0.05, 0) is 78.1 Å². The van der Waals surface area contributed by atoms with E-state index in [1.165, 1.54) is 23.3 Å². The Hall–Kier alpha value is -3.71. The summed E-state index contributed by atoms with van der Waals surface area (Å²) in [5.74, 6) is 0.664. The van der Waals surface area contributed by atoms with Crippen molar-refractivity contribution < 1.29 is 18.7 Å². The number of likely N-dealkylation sites (tertiary alicyclic amines) is 2. The lowest BCUT2D eigenvalue weighted by molar-refractivity contribution is -0.125. The highest BCUT2D eigenvalue weighted by Gasteiger charge is 2.32. The molecule has 0 saturated carbocycles. The highest BCUT2D eigenvalue weighted by atomic mass is 19.1. The summed E-state index contributed by atoms with van der Waals surface area (Å²) in [7, 11) is 0. The van der Waals surface area contributed by atoms with E-state index in [-0.39, 0.29) is 35.7 Å². The first-order valence-electron chi connectivity index (χ1n) is 17.5. The van der Waals surface area contributed by atoms with E-state index in [0.29, 0.717) is 29.4 Å². The zero-order valence-corrected chi connectivity index (χ0v) is 28.4. The van der Waals surface area contributed by atoms with Gasteiger partial charge in [-0.15, -0.1) is 0 Å². The quantitative estimate of drug-likeness (QED) is 0.189. The van der Waals surface area contributed by atoms with Gasteiger partial charge in [0.1, 0.15) is 17.4 Å². The maximum Gasteiger partial charge on any atom is 0.140 e. The lowest BCUT2D eigenvalue weighted by Gasteiger charge is -2.39. The molecule has 0 aromatic heterocycles. The molecule has 0 aliphatic carbocycles. The normalized spacial score (nSPS) is 22.4. The van der Waals surface area contributed by atoms with Gasteiger partial charge < -0.3 is 5.11 Å². The van der Waals surface area contributed by atoms with Gasteiger partial charge in [-0.1, -0.05) is 111 Å². The molecule has 2 fully saturated rings. The fraction of sp³-hybridized carbons (Fsp3) is 0.405. The van der Waals surface area contributed by atoms with E-state index in [4.69, 9.17) is 0 Å². The third kappa shape index (κ3) is 10.1. The number of rotatable bonds is 10. The van der Waals surface area contributed by atoms with Crippen molar-refractivity contribution in [2.24, 2.45) is 23.7 Å². The summed E-state index contributed by atoms with van der Waals surface area (Å²) in [4.78, 5) is 17.5. The SMILES string of the molecule is CC1CN(Cc2ccccc2)CCC1C(=O)Cc1ccccc1F.CC1CN(Cc2ccccc2)CCC1C(O)Cc1ccccc1F. The average Bonchev–Trinajstić information content (AvgIpc) is 3.08. The molecular weight excluding hydrogens is 602 g/mol. The molecular formula is C42H50F2N2O2. The predicted molar refractivity (Wildman–Crippen MR) is 189 cm³/mol. The van der Waals surface area contributed by atoms with Gasteiger partial charge in [0.2, 0.25) is 0 Å². The zero-order chi connectivity index (χ0) is 33.9. The van der Waals surface area contributed by atoms with E-state index in [1.807, 2.05) is 18.2 Å². The zero-order valence-electron chi connectivity index (χ0n) is 28.4. The number of aliphatic hydroxyl groups excluding tert-OH is 1. The van der Waals surface area contributed by atoms with Crippen LogP contribution in [0.1, 0.15) is 48.9 Å². The molecule has 4 aromatic carbocycles.